The second kappa shape index (κ2) is 5.73. The van der Waals surface area contributed by atoms with Gasteiger partial charge in [0.2, 0.25) is 5.91 Å². The van der Waals surface area contributed by atoms with E-state index in [2.05, 4.69) is 28.4 Å². The van der Waals surface area contributed by atoms with Crippen LogP contribution in [-0.4, -0.2) is 43.5 Å². The zero-order chi connectivity index (χ0) is 13.9. The molecular weight excluding hydrogens is 250 g/mol. The van der Waals surface area contributed by atoms with Gasteiger partial charge in [0.15, 0.2) is 0 Å². The maximum Gasteiger partial charge on any atom is 0.219 e. The van der Waals surface area contributed by atoms with E-state index in [-0.39, 0.29) is 5.91 Å². The Balaban J connectivity index is 1.81. The fraction of sp³-hybridized carbons (Fsp3) is 0.562. The van der Waals surface area contributed by atoms with Gasteiger partial charge in [-0.3, -0.25) is 4.79 Å². The van der Waals surface area contributed by atoms with E-state index >= 15 is 0 Å². The molecule has 2 aliphatic heterocycles. The van der Waals surface area contributed by atoms with Crippen molar-refractivity contribution in [2.45, 2.75) is 26.2 Å². The number of amides is 1. The quantitative estimate of drug-likeness (QED) is 0.851. The summed E-state index contributed by atoms with van der Waals surface area (Å²) in [5.41, 5.74) is 4.11. The Hall–Kier alpha value is -1.71. The summed E-state index contributed by atoms with van der Waals surface area (Å²) >= 11 is 0. The van der Waals surface area contributed by atoms with Gasteiger partial charge in [0.1, 0.15) is 0 Å². The lowest BCUT2D eigenvalue weighted by Crippen LogP contribution is -2.34. The zero-order valence-corrected chi connectivity index (χ0v) is 12.2. The third kappa shape index (κ3) is 2.60. The Labute approximate surface area is 120 Å². The molecule has 2 heterocycles. The summed E-state index contributed by atoms with van der Waals surface area (Å²) < 4.78 is 0. The molecule has 1 aromatic carbocycles. The maximum absolute atomic E-state index is 11.5. The molecule has 1 aromatic rings. The van der Waals surface area contributed by atoms with Gasteiger partial charge >= 0.3 is 0 Å². The minimum Gasteiger partial charge on any atom is -0.385 e. The molecule has 0 aliphatic carbocycles. The first-order chi connectivity index (χ1) is 9.75. The van der Waals surface area contributed by atoms with Crippen molar-refractivity contribution in [3.63, 3.8) is 0 Å². The van der Waals surface area contributed by atoms with Crippen LogP contribution in [0.15, 0.2) is 18.2 Å². The summed E-state index contributed by atoms with van der Waals surface area (Å²) in [4.78, 5) is 15.9. The molecule has 1 N–H and O–H groups in total. The lowest BCUT2D eigenvalue weighted by Gasteiger charge is -2.29. The van der Waals surface area contributed by atoms with Gasteiger partial charge in [-0.25, -0.2) is 0 Å². The van der Waals surface area contributed by atoms with Crippen LogP contribution in [0.1, 0.15) is 25.3 Å². The molecule has 0 aromatic heterocycles. The number of hydrogen-bond acceptors (Lipinski definition) is 3. The second-order valence-electron chi connectivity index (χ2n) is 5.68. The van der Waals surface area contributed by atoms with E-state index in [0.29, 0.717) is 0 Å². The van der Waals surface area contributed by atoms with Crippen molar-refractivity contribution in [2.24, 2.45) is 0 Å². The molecule has 108 valence electrons. The number of nitrogens with zero attached hydrogens (tertiary/aromatic N) is 2. The van der Waals surface area contributed by atoms with Crippen LogP contribution in [0.3, 0.4) is 0 Å². The predicted molar refractivity (Wildman–Crippen MR) is 82.3 cm³/mol. The first kappa shape index (κ1) is 13.3. The molecule has 0 atom stereocenters. The second-order valence-corrected chi connectivity index (χ2v) is 5.68. The highest BCUT2D eigenvalue weighted by Gasteiger charge is 2.20. The number of anilines is 2. The first-order valence-corrected chi connectivity index (χ1v) is 7.62. The van der Waals surface area contributed by atoms with Gasteiger partial charge in [-0.1, -0.05) is 6.07 Å². The Bertz CT molecular complexity index is 500. The molecule has 1 saturated heterocycles. The van der Waals surface area contributed by atoms with Crippen molar-refractivity contribution in [1.82, 2.24) is 4.90 Å². The van der Waals surface area contributed by atoms with Gasteiger partial charge in [0.05, 0.1) is 0 Å². The van der Waals surface area contributed by atoms with Gasteiger partial charge < -0.3 is 15.1 Å². The highest BCUT2D eigenvalue weighted by Crippen LogP contribution is 2.32. The normalized spacial score (nSPS) is 19.1. The highest BCUT2D eigenvalue weighted by molar-refractivity contribution is 5.73. The molecule has 4 heteroatoms. The standard InChI is InChI=1S/C16H23N3O/c1-13(20)18-9-4-10-19(12-11-18)16-7-2-6-15-14(16)5-3-8-17-15/h2,6-7,17H,3-5,8-12H2,1H3. The van der Waals surface area contributed by atoms with E-state index in [4.69, 9.17) is 0 Å². The summed E-state index contributed by atoms with van der Waals surface area (Å²) in [6, 6.07) is 6.55. The Kier molecular flexibility index (Phi) is 3.81. The molecule has 0 bridgehead atoms. The average Bonchev–Trinajstić information content (AvgIpc) is 2.72. The van der Waals surface area contributed by atoms with Crippen LogP contribution in [0.25, 0.3) is 0 Å². The summed E-state index contributed by atoms with van der Waals surface area (Å²) in [7, 11) is 0. The monoisotopic (exact) mass is 273 g/mol. The van der Waals surface area contributed by atoms with E-state index in [1.54, 1.807) is 6.92 Å². The highest BCUT2D eigenvalue weighted by atomic mass is 16.2. The van der Waals surface area contributed by atoms with Crippen LogP contribution in [0, 0.1) is 0 Å². The van der Waals surface area contributed by atoms with Crippen LogP contribution in [0.5, 0.6) is 0 Å². The van der Waals surface area contributed by atoms with Crippen molar-refractivity contribution in [1.29, 1.82) is 0 Å². The number of carbonyl (C=O) groups is 1. The molecule has 1 fully saturated rings. The van der Waals surface area contributed by atoms with Crippen LogP contribution >= 0.6 is 0 Å². The molecule has 0 unspecified atom stereocenters. The minimum absolute atomic E-state index is 0.198. The van der Waals surface area contributed by atoms with Crippen LogP contribution < -0.4 is 10.2 Å². The first-order valence-electron chi connectivity index (χ1n) is 7.62. The molecular formula is C16H23N3O. The summed E-state index contributed by atoms with van der Waals surface area (Å²) in [5, 5.41) is 3.49. The molecule has 2 aliphatic rings. The smallest absolute Gasteiger partial charge is 0.219 e. The van der Waals surface area contributed by atoms with Crippen LogP contribution in [0.2, 0.25) is 0 Å². The molecule has 0 saturated carbocycles. The Morgan fingerprint density at radius 1 is 1.15 bits per heavy atom. The molecule has 20 heavy (non-hydrogen) atoms. The minimum atomic E-state index is 0.198. The predicted octanol–water partition coefficient (Wildman–Crippen LogP) is 2.10. The zero-order valence-electron chi connectivity index (χ0n) is 12.2. The molecule has 3 rings (SSSR count). The number of nitrogens with one attached hydrogen (secondary N) is 1. The number of rotatable bonds is 1. The van der Waals surface area contributed by atoms with Crippen LogP contribution in [0.4, 0.5) is 11.4 Å². The van der Waals surface area contributed by atoms with Gasteiger partial charge in [-0.2, -0.15) is 0 Å². The SMILES string of the molecule is CC(=O)N1CCCN(c2cccc3c2CCCN3)CC1. The van der Waals surface area contributed by atoms with E-state index < -0.39 is 0 Å². The summed E-state index contributed by atoms with van der Waals surface area (Å²) in [6.07, 6.45) is 3.42. The molecule has 1 amide bonds. The fourth-order valence-electron chi connectivity index (χ4n) is 3.26. The largest absolute Gasteiger partial charge is 0.385 e. The summed E-state index contributed by atoms with van der Waals surface area (Å²) in [5.74, 6) is 0.198. The van der Waals surface area contributed by atoms with Crippen molar-refractivity contribution < 1.29 is 4.79 Å². The lowest BCUT2D eigenvalue weighted by molar-refractivity contribution is -0.128. The van der Waals surface area contributed by atoms with E-state index in [0.717, 1.165) is 45.6 Å². The van der Waals surface area contributed by atoms with Gasteiger partial charge in [-0.15, -0.1) is 0 Å². The van der Waals surface area contributed by atoms with E-state index in [1.165, 1.54) is 23.4 Å². The summed E-state index contributed by atoms with van der Waals surface area (Å²) in [6.45, 7) is 6.46. The molecule has 4 nitrogen and oxygen atoms in total. The lowest BCUT2D eigenvalue weighted by atomic mass is 10.0. The third-order valence-electron chi connectivity index (χ3n) is 4.35. The van der Waals surface area contributed by atoms with Crippen LogP contribution in [-0.2, 0) is 11.2 Å². The van der Waals surface area contributed by atoms with E-state index in [9.17, 15) is 4.79 Å². The third-order valence-corrected chi connectivity index (χ3v) is 4.35. The maximum atomic E-state index is 11.5. The van der Waals surface area contributed by atoms with E-state index in [1.807, 2.05) is 4.90 Å². The molecule has 0 radical (unpaired) electrons. The number of hydrogen-bond donors (Lipinski definition) is 1. The fourth-order valence-corrected chi connectivity index (χ4v) is 3.26. The topological polar surface area (TPSA) is 35.6 Å². The van der Waals surface area contributed by atoms with Gasteiger partial charge in [0, 0.05) is 51.0 Å². The van der Waals surface area contributed by atoms with Gasteiger partial charge in [0.25, 0.3) is 0 Å². The number of fused-ring (bicyclic) bond motifs is 1. The number of benzene rings is 1. The van der Waals surface area contributed by atoms with Crippen molar-refractivity contribution in [3.05, 3.63) is 23.8 Å². The van der Waals surface area contributed by atoms with Crippen molar-refractivity contribution in [2.75, 3.05) is 42.9 Å². The molecule has 0 spiro atoms. The number of carbonyl (C=O) groups excluding carboxylic acids is 1. The van der Waals surface area contributed by atoms with Gasteiger partial charge in [-0.05, 0) is 37.0 Å². The van der Waals surface area contributed by atoms with Crippen molar-refractivity contribution >= 4 is 17.3 Å². The average molecular weight is 273 g/mol. The Morgan fingerprint density at radius 2 is 2.05 bits per heavy atom. The Morgan fingerprint density at radius 3 is 2.90 bits per heavy atom. The van der Waals surface area contributed by atoms with Crippen molar-refractivity contribution in [3.8, 4) is 0 Å².